The lowest BCUT2D eigenvalue weighted by Gasteiger charge is -2.40. The van der Waals surface area contributed by atoms with Gasteiger partial charge in [-0.15, -0.1) is 11.8 Å². The number of aromatic nitrogens is 2. The first kappa shape index (κ1) is 16.6. The number of morpholine rings is 1. The van der Waals surface area contributed by atoms with Crippen molar-refractivity contribution in [3.8, 4) is 11.4 Å². The van der Waals surface area contributed by atoms with Gasteiger partial charge in [-0.05, 0) is 18.4 Å². The molecule has 3 heterocycles. The molecule has 2 N–H and O–H groups in total. The number of anilines is 1. The van der Waals surface area contributed by atoms with Crippen LogP contribution in [0.25, 0.3) is 11.4 Å². The van der Waals surface area contributed by atoms with Crippen molar-refractivity contribution in [2.45, 2.75) is 4.90 Å². The Morgan fingerprint density at radius 2 is 2.12 bits per heavy atom. The number of benzene rings is 1. The Morgan fingerprint density at radius 1 is 1.36 bits per heavy atom. The fourth-order valence-corrected chi connectivity index (χ4v) is 4.49. The van der Waals surface area contributed by atoms with E-state index in [1.54, 1.807) is 6.07 Å². The number of ether oxygens (including phenoxy) is 1. The van der Waals surface area contributed by atoms with E-state index in [0.29, 0.717) is 47.5 Å². The summed E-state index contributed by atoms with van der Waals surface area (Å²) in [5.74, 6) is 1.36. The van der Waals surface area contributed by atoms with Crippen molar-refractivity contribution in [1.82, 2.24) is 14.5 Å². The lowest BCUT2D eigenvalue weighted by atomic mass is 10.1. The van der Waals surface area contributed by atoms with Crippen LogP contribution in [-0.2, 0) is 4.74 Å². The zero-order chi connectivity index (χ0) is 17.6. The summed E-state index contributed by atoms with van der Waals surface area (Å²) >= 11 is 7.94. The molecule has 4 bridgehead atoms. The Balaban J connectivity index is 2.04. The minimum atomic E-state index is -1.10. The van der Waals surface area contributed by atoms with Crippen LogP contribution in [0, 0.1) is 0 Å². The number of halogens is 1. The molecule has 9 heteroatoms. The standard InChI is InChI=1S/C16H15ClN4O3S/c1-25-12-13(17)19-14-9-2-3-10(18-16(22)23)11(8-9)21(15(12)20-14)4-6-24-7-5-21/h2-3,8H,4-7H2,1H3,(H-,18,19,20,22,23)/p+1. The first-order valence-corrected chi connectivity index (χ1v) is 9.37. The van der Waals surface area contributed by atoms with Crippen LogP contribution in [0.1, 0.15) is 0 Å². The molecule has 0 atom stereocenters. The monoisotopic (exact) mass is 379 g/mol. The summed E-state index contributed by atoms with van der Waals surface area (Å²) in [5, 5.41) is 12.2. The number of thioether (sulfide) groups is 1. The van der Waals surface area contributed by atoms with E-state index in [1.807, 2.05) is 18.4 Å². The number of carbonyl (C=O) groups is 1. The Bertz CT molecular complexity index is 871. The van der Waals surface area contributed by atoms with Gasteiger partial charge in [-0.25, -0.2) is 14.3 Å². The molecule has 130 valence electrons. The number of hydrogen-bond donors (Lipinski definition) is 2. The second-order valence-electron chi connectivity index (χ2n) is 5.88. The fraction of sp³-hybridized carbons (Fsp3) is 0.312. The summed E-state index contributed by atoms with van der Waals surface area (Å²) in [6.07, 6.45) is 0.842. The van der Waals surface area contributed by atoms with Crippen molar-refractivity contribution in [2.24, 2.45) is 0 Å². The maximum Gasteiger partial charge on any atom is 0.409 e. The number of amides is 1. The second-order valence-corrected chi connectivity index (χ2v) is 7.06. The Labute approximate surface area is 153 Å². The highest BCUT2D eigenvalue weighted by molar-refractivity contribution is 7.98. The van der Waals surface area contributed by atoms with Crippen LogP contribution in [0.15, 0.2) is 23.1 Å². The molecule has 1 fully saturated rings. The lowest BCUT2D eigenvalue weighted by molar-refractivity contribution is 0.0624. The number of carboxylic acid groups (broad SMARTS) is 1. The van der Waals surface area contributed by atoms with Crippen molar-refractivity contribution in [3.05, 3.63) is 23.4 Å². The summed E-state index contributed by atoms with van der Waals surface area (Å²) in [6.45, 7) is 2.42. The van der Waals surface area contributed by atoms with Gasteiger partial charge in [-0.3, -0.25) is 5.32 Å². The third kappa shape index (κ3) is 2.56. The maximum atomic E-state index is 11.3. The minimum Gasteiger partial charge on any atom is -0.465 e. The molecule has 4 rings (SSSR count). The van der Waals surface area contributed by atoms with E-state index in [9.17, 15) is 9.90 Å². The summed E-state index contributed by atoms with van der Waals surface area (Å²) < 4.78 is 5.97. The fourth-order valence-electron chi connectivity index (χ4n) is 3.47. The van der Waals surface area contributed by atoms with E-state index in [1.165, 1.54) is 11.8 Å². The highest BCUT2D eigenvalue weighted by atomic mass is 35.5. The lowest BCUT2D eigenvalue weighted by Crippen LogP contribution is -2.53. The quantitative estimate of drug-likeness (QED) is 0.471. The van der Waals surface area contributed by atoms with Crippen molar-refractivity contribution in [1.29, 1.82) is 0 Å². The van der Waals surface area contributed by atoms with Crippen LogP contribution >= 0.6 is 23.4 Å². The predicted molar refractivity (Wildman–Crippen MR) is 97.9 cm³/mol. The van der Waals surface area contributed by atoms with E-state index in [0.717, 1.165) is 22.0 Å². The van der Waals surface area contributed by atoms with Gasteiger partial charge >= 0.3 is 6.09 Å². The van der Waals surface area contributed by atoms with Crippen molar-refractivity contribution < 1.29 is 14.6 Å². The summed E-state index contributed by atoms with van der Waals surface area (Å²) in [4.78, 5) is 21.3. The van der Waals surface area contributed by atoms with Crippen molar-refractivity contribution in [3.63, 3.8) is 0 Å². The largest absolute Gasteiger partial charge is 0.465 e. The predicted octanol–water partition coefficient (Wildman–Crippen LogP) is 3.59. The van der Waals surface area contributed by atoms with Gasteiger partial charge in [0.2, 0.25) is 0 Å². The average Bonchev–Trinajstić information content (AvgIpc) is 2.68. The van der Waals surface area contributed by atoms with Gasteiger partial charge in [0.25, 0.3) is 5.82 Å². The SMILES string of the molecule is CSc1c(Cl)nc2nc1[N+]1(CCOCC1)c1cc-2ccc1NC(=O)O. The second kappa shape index (κ2) is 6.14. The first-order chi connectivity index (χ1) is 12.0. The molecule has 7 nitrogen and oxygen atoms in total. The third-order valence-corrected chi connectivity index (χ3v) is 5.78. The average molecular weight is 380 g/mol. The minimum absolute atomic E-state index is 0.398. The van der Waals surface area contributed by atoms with E-state index in [2.05, 4.69) is 10.3 Å². The zero-order valence-electron chi connectivity index (χ0n) is 13.5. The molecule has 1 aromatic heterocycles. The highest BCUT2D eigenvalue weighted by Gasteiger charge is 2.44. The molecule has 1 aromatic carbocycles. The maximum absolute atomic E-state index is 11.3. The summed E-state index contributed by atoms with van der Waals surface area (Å²) in [7, 11) is 0. The Hall–Kier alpha value is -1.87. The van der Waals surface area contributed by atoms with E-state index < -0.39 is 6.09 Å². The molecule has 1 saturated heterocycles. The van der Waals surface area contributed by atoms with Gasteiger partial charge in [0.05, 0.1) is 13.2 Å². The summed E-state index contributed by atoms with van der Waals surface area (Å²) in [6, 6.07) is 5.53. The molecule has 1 spiro atoms. The smallest absolute Gasteiger partial charge is 0.409 e. The zero-order valence-corrected chi connectivity index (χ0v) is 15.0. The van der Waals surface area contributed by atoms with Gasteiger partial charge < -0.3 is 9.84 Å². The molecular formula is C16H16ClN4O3S+. The van der Waals surface area contributed by atoms with Gasteiger partial charge in [-0.1, -0.05) is 11.6 Å². The molecule has 25 heavy (non-hydrogen) atoms. The number of fused-ring (bicyclic) bond motifs is 7. The van der Waals surface area contributed by atoms with Crippen LogP contribution in [0.2, 0.25) is 5.15 Å². The van der Waals surface area contributed by atoms with Crippen LogP contribution in [0.5, 0.6) is 0 Å². The number of nitrogens with one attached hydrogen (secondary N) is 1. The molecule has 2 aromatic rings. The first-order valence-electron chi connectivity index (χ1n) is 7.77. The number of nitrogens with zero attached hydrogens (tertiary/aromatic N) is 3. The Morgan fingerprint density at radius 3 is 2.80 bits per heavy atom. The topological polar surface area (TPSA) is 84.3 Å². The van der Waals surface area contributed by atoms with Crippen LogP contribution < -0.4 is 9.80 Å². The molecular weight excluding hydrogens is 364 g/mol. The molecule has 0 saturated carbocycles. The molecule has 0 aliphatic carbocycles. The van der Waals surface area contributed by atoms with Gasteiger partial charge in [0.15, 0.2) is 16.7 Å². The Kier molecular flexibility index (Phi) is 4.07. The normalized spacial score (nSPS) is 17.2. The third-order valence-electron chi connectivity index (χ3n) is 4.61. The van der Waals surface area contributed by atoms with Crippen LogP contribution in [0.4, 0.5) is 22.0 Å². The van der Waals surface area contributed by atoms with Crippen molar-refractivity contribution in [2.75, 3.05) is 37.9 Å². The van der Waals surface area contributed by atoms with E-state index in [-0.39, 0.29) is 0 Å². The summed E-state index contributed by atoms with van der Waals surface area (Å²) in [5.41, 5.74) is 2.22. The molecule has 2 aliphatic heterocycles. The van der Waals surface area contributed by atoms with Gasteiger partial charge in [0.1, 0.15) is 23.7 Å². The van der Waals surface area contributed by atoms with Gasteiger partial charge in [0, 0.05) is 11.6 Å². The molecule has 0 radical (unpaired) electrons. The van der Waals surface area contributed by atoms with Crippen LogP contribution in [0.3, 0.4) is 0 Å². The molecule has 1 amide bonds. The van der Waals surface area contributed by atoms with Crippen molar-refractivity contribution >= 4 is 46.6 Å². The number of rotatable bonds is 2. The van der Waals surface area contributed by atoms with E-state index in [4.69, 9.17) is 21.3 Å². The molecule has 0 unspecified atom stereocenters. The number of quaternary nitrogens is 1. The van der Waals surface area contributed by atoms with Crippen LogP contribution in [-0.4, -0.2) is 53.7 Å². The molecule has 2 aliphatic rings. The van der Waals surface area contributed by atoms with Gasteiger partial charge in [-0.2, -0.15) is 4.98 Å². The van der Waals surface area contributed by atoms with E-state index >= 15 is 0 Å². The number of hydrogen-bond acceptors (Lipinski definition) is 5. The highest BCUT2D eigenvalue weighted by Crippen LogP contribution is 2.49.